The molecule has 0 amide bonds. The highest BCUT2D eigenvalue weighted by Crippen LogP contribution is 2.31. The molecule has 0 saturated carbocycles. The fraction of sp³-hybridized carbons (Fsp3) is 0.0667. The van der Waals surface area contributed by atoms with Crippen LogP contribution in [0.25, 0.3) is 10.6 Å². The Hall–Kier alpha value is -0.950. The zero-order valence-corrected chi connectivity index (χ0v) is 11.8. The lowest BCUT2D eigenvalue weighted by Crippen LogP contribution is -1.89. The normalized spacial score (nSPS) is 12.2. The molecule has 2 rings (SSSR count). The summed E-state index contributed by atoms with van der Waals surface area (Å²) in [5, 5.41) is 1.35. The molecule has 0 bridgehead atoms. The highest BCUT2D eigenvalue weighted by atomic mass is 35.5. The Labute approximate surface area is 122 Å². The fourth-order valence-electron chi connectivity index (χ4n) is 1.67. The quantitative estimate of drug-likeness (QED) is 0.504. The Balaban J connectivity index is 2.47. The van der Waals surface area contributed by atoms with Crippen LogP contribution in [-0.2, 0) is 0 Å². The van der Waals surface area contributed by atoms with E-state index in [0.29, 0.717) is 15.9 Å². The third-order valence-electron chi connectivity index (χ3n) is 2.62. The first kappa shape index (κ1) is 13.5. The molecule has 2 aromatic carbocycles. The summed E-state index contributed by atoms with van der Waals surface area (Å²) >= 11 is 18.3. The zero-order valence-electron chi connectivity index (χ0n) is 9.54. The van der Waals surface area contributed by atoms with Crippen molar-refractivity contribution in [3.63, 3.8) is 0 Å². The van der Waals surface area contributed by atoms with Gasteiger partial charge in [-0.25, -0.2) is 0 Å². The molecule has 0 atom stereocenters. The number of benzene rings is 2. The second-order valence-corrected chi connectivity index (χ2v) is 4.88. The van der Waals surface area contributed by atoms with Crippen molar-refractivity contribution in [1.82, 2.24) is 0 Å². The van der Waals surface area contributed by atoms with Crippen LogP contribution in [0.2, 0.25) is 5.02 Å². The van der Waals surface area contributed by atoms with Gasteiger partial charge < -0.3 is 0 Å². The smallest absolute Gasteiger partial charge is 0.0528 e. The lowest BCUT2D eigenvalue weighted by Gasteiger charge is -2.08. The van der Waals surface area contributed by atoms with Crippen molar-refractivity contribution in [2.75, 3.05) is 5.88 Å². The number of halogens is 3. The van der Waals surface area contributed by atoms with Crippen molar-refractivity contribution >= 4 is 45.4 Å². The van der Waals surface area contributed by atoms with E-state index in [1.165, 1.54) is 0 Å². The Morgan fingerprint density at radius 3 is 2.00 bits per heavy atom. The van der Waals surface area contributed by atoms with Crippen molar-refractivity contribution in [2.45, 2.75) is 0 Å². The standard InChI is InChI=1S/C15H11Cl3/c16-10-14(11-4-2-1-3-5-11)15(18)12-6-8-13(17)9-7-12/h1-9H,10H2/b15-14-. The number of alkyl halides is 1. The van der Waals surface area contributed by atoms with Crippen molar-refractivity contribution < 1.29 is 0 Å². The number of hydrogen-bond donors (Lipinski definition) is 0. The lowest BCUT2D eigenvalue weighted by molar-refractivity contribution is 1.57. The molecule has 0 aromatic heterocycles. The minimum Gasteiger partial charge on any atom is -0.121 e. The Bertz CT molecular complexity index is 542. The van der Waals surface area contributed by atoms with Crippen LogP contribution in [0.5, 0.6) is 0 Å². The summed E-state index contributed by atoms with van der Waals surface area (Å²) in [5.41, 5.74) is 2.87. The molecule has 0 aliphatic heterocycles. The summed E-state index contributed by atoms with van der Waals surface area (Å²) in [6, 6.07) is 17.3. The first-order chi connectivity index (χ1) is 8.72. The van der Waals surface area contributed by atoms with Crippen molar-refractivity contribution in [2.24, 2.45) is 0 Å². The maximum absolute atomic E-state index is 6.41. The molecule has 18 heavy (non-hydrogen) atoms. The van der Waals surface area contributed by atoms with Gasteiger partial charge in [-0.3, -0.25) is 0 Å². The van der Waals surface area contributed by atoms with Gasteiger partial charge in [0.05, 0.1) is 5.03 Å². The number of allylic oxidation sites excluding steroid dienone is 1. The molecule has 0 fully saturated rings. The van der Waals surface area contributed by atoms with E-state index in [0.717, 1.165) is 16.7 Å². The summed E-state index contributed by atoms with van der Waals surface area (Å²) < 4.78 is 0. The molecule has 0 saturated heterocycles. The minimum atomic E-state index is 0.367. The van der Waals surface area contributed by atoms with Crippen LogP contribution in [0.15, 0.2) is 54.6 Å². The molecule has 3 heteroatoms. The largest absolute Gasteiger partial charge is 0.121 e. The van der Waals surface area contributed by atoms with Crippen LogP contribution >= 0.6 is 34.8 Å². The maximum Gasteiger partial charge on any atom is 0.0528 e. The minimum absolute atomic E-state index is 0.367. The first-order valence-electron chi connectivity index (χ1n) is 5.48. The van der Waals surface area contributed by atoms with E-state index >= 15 is 0 Å². The molecule has 0 aliphatic rings. The van der Waals surface area contributed by atoms with Crippen LogP contribution in [0.4, 0.5) is 0 Å². The van der Waals surface area contributed by atoms with Gasteiger partial charge in [-0.15, -0.1) is 11.6 Å². The number of hydrogen-bond acceptors (Lipinski definition) is 0. The third-order valence-corrected chi connectivity index (χ3v) is 3.58. The predicted octanol–water partition coefficient (Wildman–Crippen LogP) is 5.69. The van der Waals surface area contributed by atoms with Gasteiger partial charge in [0.25, 0.3) is 0 Å². The zero-order chi connectivity index (χ0) is 13.0. The SMILES string of the molecule is ClC/C(=C(/Cl)c1ccc(Cl)cc1)c1ccccc1. The molecule has 0 heterocycles. The van der Waals surface area contributed by atoms with Crippen LogP contribution in [-0.4, -0.2) is 5.88 Å². The van der Waals surface area contributed by atoms with Crippen LogP contribution in [0.1, 0.15) is 11.1 Å². The molecule has 0 nitrogen and oxygen atoms in total. The maximum atomic E-state index is 6.41. The summed E-state index contributed by atoms with van der Waals surface area (Å²) in [4.78, 5) is 0. The molecule has 0 unspecified atom stereocenters. The molecule has 0 spiro atoms. The first-order valence-corrected chi connectivity index (χ1v) is 6.77. The average molecular weight is 298 g/mol. The molecule has 92 valence electrons. The molecule has 2 aromatic rings. The van der Waals surface area contributed by atoms with Gasteiger partial charge in [0.1, 0.15) is 0 Å². The van der Waals surface area contributed by atoms with Gasteiger partial charge in [0.2, 0.25) is 0 Å². The highest BCUT2D eigenvalue weighted by molar-refractivity contribution is 6.53. The van der Waals surface area contributed by atoms with Gasteiger partial charge in [0.15, 0.2) is 0 Å². The third kappa shape index (κ3) is 3.08. The van der Waals surface area contributed by atoms with Gasteiger partial charge >= 0.3 is 0 Å². The molecule has 0 N–H and O–H groups in total. The summed E-state index contributed by atoms with van der Waals surface area (Å²) in [6.45, 7) is 0. The topological polar surface area (TPSA) is 0 Å². The molecule has 0 radical (unpaired) electrons. The van der Waals surface area contributed by atoms with Crippen molar-refractivity contribution in [1.29, 1.82) is 0 Å². The summed E-state index contributed by atoms with van der Waals surface area (Å²) in [6.07, 6.45) is 0. The average Bonchev–Trinajstić information content (AvgIpc) is 2.41. The van der Waals surface area contributed by atoms with E-state index in [9.17, 15) is 0 Å². The summed E-state index contributed by atoms with van der Waals surface area (Å²) in [7, 11) is 0. The van der Waals surface area contributed by atoms with E-state index in [-0.39, 0.29) is 0 Å². The predicted molar refractivity (Wildman–Crippen MR) is 81.3 cm³/mol. The summed E-state index contributed by atoms with van der Waals surface area (Å²) in [5.74, 6) is 0.367. The van der Waals surface area contributed by atoms with Crippen LogP contribution in [0, 0.1) is 0 Å². The van der Waals surface area contributed by atoms with Gasteiger partial charge in [-0.05, 0) is 28.8 Å². The molecule has 0 aliphatic carbocycles. The van der Waals surface area contributed by atoms with E-state index in [4.69, 9.17) is 34.8 Å². The van der Waals surface area contributed by atoms with Crippen molar-refractivity contribution in [3.8, 4) is 0 Å². The molecular weight excluding hydrogens is 287 g/mol. The van der Waals surface area contributed by atoms with Crippen LogP contribution in [0.3, 0.4) is 0 Å². The Kier molecular flexibility index (Phi) is 4.71. The highest BCUT2D eigenvalue weighted by Gasteiger charge is 2.08. The Morgan fingerprint density at radius 1 is 0.833 bits per heavy atom. The second-order valence-electron chi connectivity index (χ2n) is 3.80. The van der Waals surface area contributed by atoms with Crippen molar-refractivity contribution in [3.05, 3.63) is 70.7 Å². The second kappa shape index (κ2) is 6.29. The monoisotopic (exact) mass is 296 g/mol. The van der Waals surface area contributed by atoms with E-state index in [2.05, 4.69) is 0 Å². The Morgan fingerprint density at radius 2 is 1.44 bits per heavy atom. The van der Waals surface area contributed by atoms with Gasteiger partial charge in [-0.2, -0.15) is 0 Å². The van der Waals surface area contributed by atoms with E-state index < -0.39 is 0 Å². The van der Waals surface area contributed by atoms with Crippen LogP contribution < -0.4 is 0 Å². The number of rotatable bonds is 3. The lowest BCUT2D eigenvalue weighted by atomic mass is 10.0. The van der Waals surface area contributed by atoms with Gasteiger partial charge in [-0.1, -0.05) is 65.7 Å². The molecular formula is C15H11Cl3. The van der Waals surface area contributed by atoms with E-state index in [1.54, 1.807) is 0 Å². The van der Waals surface area contributed by atoms with E-state index in [1.807, 2.05) is 54.6 Å². The fourth-order valence-corrected chi connectivity index (χ4v) is 2.46. The van der Waals surface area contributed by atoms with Gasteiger partial charge in [0, 0.05) is 10.9 Å².